The number of amides is 3. The van der Waals surface area contributed by atoms with Crippen LogP contribution in [0.2, 0.25) is 0 Å². The van der Waals surface area contributed by atoms with E-state index in [2.05, 4.69) is 17.4 Å². The number of hydrogen-bond donors (Lipinski definition) is 1. The average Bonchev–Trinajstić information content (AvgIpc) is 3.00. The minimum absolute atomic E-state index is 0.00384. The predicted molar refractivity (Wildman–Crippen MR) is 92.7 cm³/mol. The molecular weight excluding hydrogens is 322 g/mol. The molecule has 3 amide bonds. The van der Waals surface area contributed by atoms with Gasteiger partial charge in [-0.15, -0.1) is 0 Å². The quantitative estimate of drug-likeness (QED) is 0.798. The van der Waals surface area contributed by atoms with Gasteiger partial charge in [0.2, 0.25) is 0 Å². The summed E-state index contributed by atoms with van der Waals surface area (Å²) in [5.74, 6) is 0.882. The van der Waals surface area contributed by atoms with Crippen LogP contribution >= 0.6 is 0 Å². The molecule has 3 rings (SSSR count). The van der Waals surface area contributed by atoms with Gasteiger partial charge in [0.15, 0.2) is 0 Å². The number of urea groups is 1. The summed E-state index contributed by atoms with van der Waals surface area (Å²) in [6, 6.07) is 8.00. The lowest BCUT2D eigenvalue weighted by atomic mass is 10.1. The van der Waals surface area contributed by atoms with Gasteiger partial charge in [-0.2, -0.15) is 0 Å². The van der Waals surface area contributed by atoms with E-state index in [1.54, 1.807) is 9.80 Å². The molecule has 0 unspecified atom stereocenters. The Morgan fingerprint density at radius 2 is 2.12 bits per heavy atom. The Bertz CT molecular complexity index is 605. The van der Waals surface area contributed by atoms with Gasteiger partial charge < -0.3 is 19.7 Å². The first-order chi connectivity index (χ1) is 12.2. The second-order valence-electron chi connectivity index (χ2n) is 6.28. The van der Waals surface area contributed by atoms with Crippen LogP contribution in [0, 0.1) is 0 Å². The van der Waals surface area contributed by atoms with E-state index in [9.17, 15) is 9.59 Å². The zero-order valence-corrected chi connectivity index (χ0v) is 14.6. The van der Waals surface area contributed by atoms with Crippen molar-refractivity contribution in [1.29, 1.82) is 0 Å². The first-order valence-corrected chi connectivity index (χ1v) is 8.85. The monoisotopic (exact) mass is 347 g/mol. The topological polar surface area (TPSA) is 71.1 Å². The van der Waals surface area contributed by atoms with Gasteiger partial charge in [0.05, 0.1) is 12.6 Å². The molecule has 0 saturated carbocycles. The standard InChI is InChI=1S/C18H25N3O4/c1-2-24-16-7-5-14(6-8-16)4-3-9-19-17(22)20-10-11-21-15(12-20)13-25-18(21)23/h5-8,15H,2-4,9-13H2,1H3,(H,19,22)/t15-/m0/s1. The number of hydrogen-bond acceptors (Lipinski definition) is 4. The molecule has 7 nitrogen and oxygen atoms in total. The molecule has 1 aromatic rings. The number of carbonyl (C=O) groups excluding carboxylic acids is 2. The molecule has 2 fully saturated rings. The number of nitrogens with zero attached hydrogens (tertiary/aromatic N) is 2. The largest absolute Gasteiger partial charge is 0.494 e. The molecular formula is C18H25N3O4. The molecule has 0 spiro atoms. The maximum Gasteiger partial charge on any atom is 0.410 e. The van der Waals surface area contributed by atoms with Crippen LogP contribution in [0.25, 0.3) is 0 Å². The molecule has 7 heteroatoms. The normalized spacial score (nSPS) is 19.4. The Morgan fingerprint density at radius 1 is 1.32 bits per heavy atom. The van der Waals surface area contributed by atoms with E-state index in [0.29, 0.717) is 39.4 Å². The third-order valence-corrected chi connectivity index (χ3v) is 4.56. The van der Waals surface area contributed by atoms with Gasteiger partial charge in [-0.3, -0.25) is 4.90 Å². The van der Waals surface area contributed by atoms with E-state index in [-0.39, 0.29) is 18.2 Å². The van der Waals surface area contributed by atoms with Gasteiger partial charge in [-0.05, 0) is 37.5 Å². The van der Waals surface area contributed by atoms with Crippen molar-refractivity contribution >= 4 is 12.1 Å². The van der Waals surface area contributed by atoms with Gasteiger partial charge in [0, 0.05) is 26.2 Å². The number of fused-ring (bicyclic) bond motifs is 1. The van der Waals surface area contributed by atoms with Crippen molar-refractivity contribution in [2.75, 3.05) is 39.4 Å². The van der Waals surface area contributed by atoms with Crippen molar-refractivity contribution in [2.24, 2.45) is 0 Å². The van der Waals surface area contributed by atoms with E-state index in [0.717, 1.165) is 18.6 Å². The Hall–Kier alpha value is -2.44. The highest BCUT2D eigenvalue weighted by Gasteiger charge is 2.38. The minimum Gasteiger partial charge on any atom is -0.494 e. The summed E-state index contributed by atoms with van der Waals surface area (Å²) >= 11 is 0. The van der Waals surface area contributed by atoms with Crippen molar-refractivity contribution in [1.82, 2.24) is 15.1 Å². The van der Waals surface area contributed by atoms with E-state index in [4.69, 9.17) is 9.47 Å². The zero-order chi connectivity index (χ0) is 17.6. The van der Waals surface area contributed by atoms with Crippen LogP contribution in [0.5, 0.6) is 5.75 Å². The summed E-state index contributed by atoms with van der Waals surface area (Å²) < 4.78 is 10.4. The van der Waals surface area contributed by atoms with E-state index < -0.39 is 0 Å². The smallest absolute Gasteiger partial charge is 0.410 e. The number of nitrogens with one attached hydrogen (secondary N) is 1. The molecule has 2 aliphatic rings. The molecule has 0 bridgehead atoms. The van der Waals surface area contributed by atoms with Gasteiger partial charge >= 0.3 is 12.1 Å². The van der Waals surface area contributed by atoms with Crippen LogP contribution < -0.4 is 10.1 Å². The number of rotatable bonds is 6. The summed E-state index contributed by atoms with van der Waals surface area (Å²) in [6.45, 7) is 5.28. The maximum atomic E-state index is 12.3. The van der Waals surface area contributed by atoms with Crippen LogP contribution in [0.4, 0.5) is 9.59 Å². The fourth-order valence-corrected chi connectivity index (χ4v) is 3.19. The van der Waals surface area contributed by atoms with Crippen LogP contribution in [0.1, 0.15) is 18.9 Å². The summed E-state index contributed by atoms with van der Waals surface area (Å²) in [7, 11) is 0. The third-order valence-electron chi connectivity index (χ3n) is 4.56. The first kappa shape index (κ1) is 17.4. The first-order valence-electron chi connectivity index (χ1n) is 8.85. The van der Waals surface area contributed by atoms with Crippen molar-refractivity contribution in [3.05, 3.63) is 29.8 Å². The minimum atomic E-state index is -0.264. The van der Waals surface area contributed by atoms with Crippen molar-refractivity contribution < 1.29 is 19.1 Å². The fraction of sp³-hybridized carbons (Fsp3) is 0.556. The van der Waals surface area contributed by atoms with E-state index in [1.807, 2.05) is 19.1 Å². The summed E-state index contributed by atoms with van der Waals surface area (Å²) in [6.07, 6.45) is 1.52. The lowest BCUT2D eigenvalue weighted by Gasteiger charge is -2.35. The number of cyclic esters (lactones) is 1. The van der Waals surface area contributed by atoms with Gasteiger partial charge in [0.1, 0.15) is 12.4 Å². The molecule has 1 atom stereocenters. The Balaban J connectivity index is 1.36. The van der Waals surface area contributed by atoms with Gasteiger partial charge in [-0.1, -0.05) is 12.1 Å². The Labute approximate surface area is 147 Å². The molecule has 0 aliphatic carbocycles. The van der Waals surface area contributed by atoms with Crippen LogP contribution in [0.3, 0.4) is 0 Å². The third kappa shape index (κ3) is 4.35. The number of aryl methyl sites for hydroxylation is 1. The predicted octanol–water partition coefficient (Wildman–Crippen LogP) is 1.86. The number of piperazine rings is 1. The van der Waals surface area contributed by atoms with Crippen molar-refractivity contribution in [3.8, 4) is 5.75 Å². The van der Waals surface area contributed by atoms with Gasteiger partial charge in [0.25, 0.3) is 0 Å². The fourth-order valence-electron chi connectivity index (χ4n) is 3.19. The molecule has 2 saturated heterocycles. The van der Waals surface area contributed by atoms with Crippen molar-refractivity contribution in [2.45, 2.75) is 25.8 Å². The highest BCUT2D eigenvalue weighted by atomic mass is 16.6. The molecule has 2 heterocycles. The second kappa shape index (κ2) is 8.09. The van der Waals surface area contributed by atoms with Crippen molar-refractivity contribution in [3.63, 3.8) is 0 Å². The van der Waals surface area contributed by atoms with Crippen LogP contribution in [-0.4, -0.2) is 67.4 Å². The second-order valence-corrected chi connectivity index (χ2v) is 6.28. The van der Waals surface area contributed by atoms with E-state index >= 15 is 0 Å². The lowest BCUT2D eigenvalue weighted by Crippen LogP contribution is -2.56. The number of carbonyl (C=O) groups is 2. The SMILES string of the molecule is CCOc1ccc(CCCNC(=O)N2CCN3C(=O)OC[C@@H]3C2)cc1. The molecule has 1 N–H and O–H groups in total. The highest BCUT2D eigenvalue weighted by Crippen LogP contribution is 2.17. The van der Waals surface area contributed by atoms with Gasteiger partial charge in [-0.25, -0.2) is 9.59 Å². The molecule has 1 aromatic carbocycles. The highest BCUT2D eigenvalue weighted by molar-refractivity contribution is 5.75. The maximum absolute atomic E-state index is 12.3. The molecule has 25 heavy (non-hydrogen) atoms. The summed E-state index contributed by atoms with van der Waals surface area (Å²) in [5, 5.41) is 2.96. The molecule has 2 aliphatic heterocycles. The molecule has 0 aromatic heterocycles. The molecule has 0 radical (unpaired) electrons. The zero-order valence-electron chi connectivity index (χ0n) is 14.6. The average molecular weight is 347 g/mol. The van der Waals surface area contributed by atoms with E-state index in [1.165, 1.54) is 5.56 Å². The number of benzene rings is 1. The van der Waals surface area contributed by atoms with Crippen LogP contribution in [-0.2, 0) is 11.2 Å². The summed E-state index contributed by atoms with van der Waals surface area (Å²) in [5.41, 5.74) is 1.23. The lowest BCUT2D eigenvalue weighted by molar-refractivity contribution is 0.127. The Kier molecular flexibility index (Phi) is 5.63. The molecule has 136 valence electrons. The van der Waals surface area contributed by atoms with Crippen LogP contribution in [0.15, 0.2) is 24.3 Å². The Morgan fingerprint density at radius 3 is 2.88 bits per heavy atom. The number of ether oxygens (including phenoxy) is 2. The summed E-state index contributed by atoms with van der Waals surface area (Å²) in [4.78, 5) is 27.2.